The number of rotatable bonds is 0. The molecule has 0 N–H and O–H groups in total. The molecule has 0 fully saturated rings. The first-order chi connectivity index (χ1) is 1.00. The zero-order valence-corrected chi connectivity index (χ0v) is 3.66. The summed E-state index contributed by atoms with van der Waals surface area (Å²) in [5.41, 5.74) is 0. The molecule has 0 aromatic rings. The van der Waals surface area contributed by atoms with Gasteiger partial charge in [-0.15, -0.1) is 0 Å². The molecular formula is BCoNiO. The van der Waals surface area contributed by atoms with Gasteiger partial charge in [-0.25, -0.2) is 0 Å². The third kappa shape index (κ3) is 13.3. The number of hydrogen-bond acceptors (Lipinski definition) is 1. The third-order valence-electron chi connectivity index (χ3n) is 0. The molecule has 0 saturated carbocycles. The summed E-state index contributed by atoms with van der Waals surface area (Å²) in [4.78, 5) is 0. The van der Waals surface area contributed by atoms with Gasteiger partial charge in [-0.05, 0) is 0 Å². The van der Waals surface area contributed by atoms with Crippen LogP contribution in [0, 0.1) is 0 Å². The van der Waals surface area contributed by atoms with Gasteiger partial charge in [0.2, 0.25) is 0 Å². The van der Waals surface area contributed by atoms with Gasteiger partial charge in [0.25, 0.3) is 0 Å². The molecule has 0 spiro atoms. The van der Waals surface area contributed by atoms with Crippen molar-refractivity contribution in [2.45, 2.75) is 0 Å². The molecule has 4 heteroatoms. The molecule has 1 nitrogen and oxygen atoms in total. The smallest absolute Gasteiger partial charge is 0 e. The quantitative estimate of drug-likeness (QED) is 0.419. The molecule has 0 aliphatic heterocycles. The van der Waals surface area contributed by atoms with Crippen LogP contribution >= 0.6 is 0 Å². The minimum atomic E-state index is 0. The second kappa shape index (κ2) is 42.4. The van der Waals surface area contributed by atoms with Gasteiger partial charge in [0.1, 0.15) is 0 Å². The van der Waals surface area contributed by atoms with E-state index in [1.54, 1.807) is 0 Å². The Kier molecular flexibility index (Phi) is 222. The Morgan fingerprint density at radius 1 is 1.25 bits per heavy atom. The summed E-state index contributed by atoms with van der Waals surface area (Å²) in [6.45, 7) is 0. The normalized spacial score (nSPS) is 0.750. The third-order valence-corrected chi connectivity index (χ3v) is 0. The molecule has 0 aromatic carbocycles. The van der Waals surface area contributed by atoms with Crippen molar-refractivity contribution >= 4 is 7.72 Å². The summed E-state index contributed by atoms with van der Waals surface area (Å²) < 4.78 is 7.75. The van der Waals surface area contributed by atoms with Gasteiger partial charge >= 0.3 is 12.4 Å². The Bertz CT molecular complexity index is 8.00. The maximum Gasteiger partial charge on any atom is 0 e. The Balaban J connectivity index is -0.00000000500. The summed E-state index contributed by atoms with van der Waals surface area (Å²) >= 11 is 0. The molecule has 0 amide bonds. The monoisotopic (exact) mass is 144 g/mol. The Morgan fingerprint density at radius 3 is 1.25 bits per heavy atom. The van der Waals surface area contributed by atoms with E-state index >= 15 is 0 Å². The van der Waals surface area contributed by atoms with Crippen LogP contribution in [-0.2, 0) is 38.0 Å². The SMILES string of the molecule is [B]=O.[Co].[Ni]. The van der Waals surface area contributed by atoms with Crippen molar-refractivity contribution < 1.29 is 38.0 Å². The van der Waals surface area contributed by atoms with E-state index in [4.69, 9.17) is 4.70 Å². The molecule has 0 aromatic heterocycles. The molecule has 0 rings (SSSR count). The summed E-state index contributed by atoms with van der Waals surface area (Å²) in [5, 5.41) is 0. The van der Waals surface area contributed by atoms with Crippen LogP contribution in [0.3, 0.4) is 0 Å². The second-order valence-corrected chi connectivity index (χ2v) is 0. The maximum absolute atomic E-state index is 7.75. The van der Waals surface area contributed by atoms with Gasteiger partial charge in [0, 0.05) is 33.3 Å². The van der Waals surface area contributed by atoms with E-state index < -0.39 is 0 Å². The fourth-order valence-corrected chi connectivity index (χ4v) is 0. The molecular weight excluding hydrogens is 144 g/mol. The average molecular weight is 144 g/mol. The van der Waals surface area contributed by atoms with Crippen LogP contribution in [0.5, 0.6) is 0 Å². The van der Waals surface area contributed by atoms with E-state index in [2.05, 4.69) is 7.72 Å². The van der Waals surface area contributed by atoms with Crippen LogP contribution in [0.4, 0.5) is 0 Å². The Hall–Kier alpha value is 0.865. The van der Waals surface area contributed by atoms with Gasteiger partial charge < -0.3 is 0 Å². The fourth-order valence-electron chi connectivity index (χ4n) is 0. The molecule has 0 unspecified atom stereocenters. The van der Waals surface area contributed by atoms with Crippen molar-refractivity contribution in [3.8, 4) is 0 Å². The number of hydrogen-bond donors (Lipinski definition) is 0. The van der Waals surface area contributed by atoms with Crippen molar-refractivity contribution in [1.29, 1.82) is 0 Å². The average Bonchev–Trinajstić information content (AvgIpc) is 1.00. The summed E-state index contributed by atoms with van der Waals surface area (Å²) in [7, 11) is 3.25. The fraction of sp³-hybridized carbons (Fsp3) is 0. The minimum Gasteiger partial charge on any atom is 0 e. The van der Waals surface area contributed by atoms with Gasteiger partial charge in [0.05, 0.1) is 0 Å². The standard InChI is InChI=1S/BO.Co.Ni/c1-2;;. The summed E-state index contributed by atoms with van der Waals surface area (Å²) in [6, 6.07) is 0. The van der Waals surface area contributed by atoms with E-state index in [1.807, 2.05) is 0 Å². The summed E-state index contributed by atoms with van der Waals surface area (Å²) in [6.07, 6.45) is 0. The summed E-state index contributed by atoms with van der Waals surface area (Å²) in [5.74, 6) is 0. The zero-order chi connectivity index (χ0) is 2.00. The Morgan fingerprint density at radius 2 is 1.25 bits per heavy atom. The van der Waals surface area contributed by atoms with Crippen LogP contribution in [0.15, 0.2) is 0 Å². The topological polar surface area (TPSA) is 17.1 Å². The zero-order valence-electron chi connectivity index (χ0n) is 1.64. The van der Waals surface area contributed by atoms with E-state index in [9.17, 15) is 0 Å². The first-order valence-corrected chi connectivity index (χ1v) is 0.236. The van der Waals surface area contributed by atoms with Gasteiger partial charge in [-0.3, -0.25) is 0 Å². The van der Waals surface area contributed by atoms with Gasteiger partial charge in [-0.1, -0.05) is 0 Å². The molecule has 0 heterocycles. The van der Waals surface area contributed by atoms with E-state index in [0.29, 0.717) is 0 Å². The predicted octanol–water partition coefficient (Wildman–Crippen LogP) is -0.505. The molecule has 0 aliphatic rings. The van der Waals surface area contributed by atoms with Gasteiger partial charge in [0.15, 0.2) is 0 Å². The van der Waals surface area contributed by atoms with Crippen LogP contribution in [0.25, 0.3) is 0 Å². The van der Waals surface area contributed by atoms with Crippen molar-refractivity contribution in [2.75, 3.05) is 0 Å². The molecule has 0 aliphatic carbocycles. The van der Waals surface area contributed by atoms with E-state index in [1.165, 1.54) is 0 Å². The molecule has 4 heavy (non-hydrogen) atoms. The molecule has 2 radical (unpaired) electrons. The van der Waals surface area contributed by atoms with Crippen LogP contribution in [-0.4, -0.2) is 7.72 Å². The van der Waals surface area contributed by atoms with E-state index in [0.717, 1.165) is 0 Å². The van der Waals surface area contributed by atoms with Crippen molar-refractivity contribution in [3.63, 3.8) is 0 Å². The van der Waals surface area contributed by atoms with Crippen molar-refractivity contribution in [1.82, 2.24) is 0 Å². The first kappa shape index (κ1) is 20.9. The van der Waals surface area contributed by atoms with Gasteiger partial charge in [-0.2, -0.15) is 0 Å². The second-order valence-electron chi connectivity index (χ2n) is 0. The first-order valence-electron chi connectivity index (χ1n) is 0.236. The predicted molar refractivity (Wildman–Crippen MR) is 6.44 cm³/mol. The van der Waals surface area contributed by atoms with Crippen molar-refractivity contribution in [3.05, 3.63) is 0 Å². The van der Waals surface area contributed by atoms with Crippen molar-refractivity contribution in [2.24, 2.45) is 0 Å². The largest absolute Gasteiger partial charge is 0 e. The molecule has 0 saturated heterocycles. The molecule has 0 bridgehead atoms. The van der Waals surface area contributed by atoms with Crippen LogP contribution in [0.1, 0.15) is 0 Å². The minimum absolute atomic E-state index is 0. The molecule has 0 atom stereocenters. The van der Waals surface area contributed by atoms with Crippen LogP contribution < -0.4 is 0 Å². The Labute approximate surface area is 46.1 Å². The van der Waals surface area contributed by atoms with Crippen LogP contribution in [0.2, 0.25) is 0 Å². The van der Waals surface area contributed by atoms with E-state index in [-0.39, 0.29) is 33.3 Å². The maximum atomic E-state index is 7.75. The molecule has 28 valence electrons.